The van der Waals surface area contributed by atoms with Gasteiger partial charge in [-0.05, 0) is 37.2 Å². The number of guanidine groups is 1. The highest BCUT2D eigenvalue weighted by Crippen LogP contribution is 2.13. The Kier molecular flexibility index (Phi) is 8.72. The molecule has 0 atom stereocenters. The molecule has 23 heavy (non-hydrogen) atoms. The molecule has 0 saturated carbocycles. The number of benzene rings is 1. The van der Waals surface area contributed by atoms with Crippen molar-refractivity contribution in [1.82, 2.24) is 10.6 Å². The van der Waals surface area contributed by atoms with Gasteiger partial charge in [0, 0.05) is 32.3 Å². The molecule has 0 aliphatic carbocycles. The van der Waals surface area contributed by atoms with E-state index in [0.717, 1.165) is 50.3 Å². The maximum absolute atomic E-state index is 10.6. The third-order valence-corrected chi connectivity index (χ3v) is 3.57. The standard InChI is InChI=1S/C17H28N4O2/c1-14(2)11-13-20-17(18-3)19-12-5-4-6-15-7-9-16(10-8-15)21(22)23/h7-10,14H,4-6,11-13H2,1-3H3,(H2,18,19,20). The molecule has 1 aromatic carbocycles. The molecule has 0 spiro atoms. The Morgan fingerprint density at radius 1 is 1.17 bits per heavy atom. The summed E-state index contributed by atoms with van der Waals surface area (Å²) in [6, 6.07) is 6.79. The van der Waals surface area contributed by atoms with Gasteiger partial charge in [-0.3, -0.25) is 15.1 Å². The van der Waals surface area contributed by atoms with Crippen LogP contribution in [0.15, 0.2) is 29.3 Å². The number of nitrogens with one attached hydrogen (secondary N) is 2. The fourth-order valence-electron chi connectivity index (χ4n) is 2.15. The molecule has 1 aromatic rings. The summed E-state index contributed by atoms with van der Waals surface area (Å²) in [5.41, 5.74) is 1.28. The topological polar surface area (TPSA) is 79.6 Å². The average molecular weight is 320 g/mol. The van der Waals surface area contributed by atoms with Crippen molar-refractivity contribution in [3.8, 4) is 0 Å². The van der Waals surface area contributed by atoms with Gasteiger partial charge in [-0.25, -0.2) is 0 Å². The highest BCUT2D eigenvalue weighted by Gasteiger charge is 2.03. The maximum Gasteiger partial charge on any atom is 0.269 e. The second-order valence-corrected chi connectivity index (χ2v) is 5.99. The summed E-state index contributed by atoms with van der Waals surface area (Å²) >= 11 is 0. The SMILES string of the molecule is CN=C(NCCCCc1ccc([N+](=O)[O-])cc1)NCCC(C)C. The number of unbranched alkanes of at least 4 members (excludes halogenated alkanes) is 1. The number of aryl methyl sites for hydroxylation is 1. The monoisotopic (exact) mass is 320 g/mol. The van der Waals surface area contributed by atoms with E-state index in [1.165, 1.54) is 0 Å². The smallest absolute Gasteiger partial charge is 0.269 e. The molecule has 0 aliphatic rings. The van der Waals surface area contributed by atoms with Crippen molar-refractivity contribution in [2.75, 3.05) is 20.1 Å². The summed E-state index contributed by atoms with van der Waals surface area (Å²) in [6.07, 6.45) is 4.12. The number of nitro groups is 1. The quantitative estimate of drug-likeness (QED) is 0.241. The Labute approximate surface area is 138 Å². The van der Waals surface area contributed by atoms with Crippen LogP contribution in [-0.2, 0) is 6.42 Å². The van der Waals surface area contributed by atoms with Crippen LogP contribution >= 0.6 is 0 Å². The Balaban J connectivity index is 2.17. The molecular formula is C17H28N4O2. The van der Waals surface area contributed by atoms with E-state index in [0.29, 0.717) is 5.92 Å². The molecule has 2 N–H and O–H groups in total. The van der Waals surface area contributed by atoms with Crippen LogP contribution in [-0.4, -0.2) is 31.0 Å². The summed E-state index contributed by atoms with van der Waals surface area (Å²) in [6.45, 7) is 6.21. The summed E-state index contributed by atoms with van der Waals surface area (Å²) in [5, 5.41) is 17.2. The Hall–Kier alpha value is -2.11. The van der Waals surface area contributed by atoms with Crippen LogP contribution < -0.4 is 10.6 Å². The predicted octanol–water partition coefficient (Wildman–Crippen LogP) is 3.13. The lowest BCUT2D eigenvalue weighted by atomic mass is 10.1. The zero-order chi connectivity index (χ0) is 17.1. The molecule has 6 heteroatoms. The van der Waals surface area contributed by atoms with E-state index in [1.54, 1.807) is 19.2 Å². The van der Waals surface area contributed by atoms with E-state index in [1.807, 2.05) is 12.1 Å². The van der Waals surface area contributed by atoms with Crippen molar-refractivity contribution in [3.05, 3.63) is 39.9 Å². The molecule has 6 nitrogen and oxygen atoms in total. The second kappa shape index (κ2) is 10.6. The zero-order valence-corrected chi connectivity index (χ0v) is 14.3. The van der Waals surface area contributed by atoms with Crippen LogP contribution in [0.5, 0.6) is 0 Å². The van der Waals surface area contributed by atoms with E-state index in [-0.39, 0.29) is 10.6 Å². The van der Waals surface area contributed by atoms with Crippen LogP contribution in [0.4, 0.5) is 5.69 Å². The highest BCUT2D eigenvalue weighted by atomic mass is 16.6. The van der Waals surface area contributed by atoms with Gasteiger partial charge in [-0.15, -0.1) is 0 Å². The molecule has 0 radical (unpaired) electrons. The van der Waals surface area contributed by atoms with Gasteiger partial charge in [-0.1, -0.05) is 26.0 Å². The normalized spacial score (nSPS) is 11.6. The molecule has 0 amide bonds. The highest BCUT2D eigenvalue weighted by molar-refractivity contribution is 5.79. The fourth-order valence-corrected chi connectivity index (χ4v) is 2.15. The lowest BCUT2D eigenvalue weighted by molar-refractivity contribution is -0.384. The van der Waals surface area contributed by atoms with E-state index in [4.69, 9.17) is 0 Å². The third kappa shape index (κ3) is 8.18. The van der Waals surface area contributed by atoms with Gasteiger partial charge < -0.3 is 10.6 Å². The summed E-state index contributed by atoms with van der Waals surface area (Å²) < 4.78 is 0. The lowest BCUT2D eigenvalue weighted by Gasteiger charge is -2.12. The number of rotatable bonds is 9. The first-order valence-electron chi connectivity index (χ1n) is 8.20. The average Bonchev–Trinajstić information content (AvgIpc) is 2.53. The molecule has 0 fully saturated rings. The second-order valence-electron chi connectivity index (χ2n) is 5.99. The largest absolute Gasteiger partial charge is 0.356 e. The molecule has 0 unspecified atom stereocenters. The van der Waals surface area contributed by atoms with Gasteiger partial charge in [0.1, 0.15) is 0 Å². The first-order valence-corrected chi connectivity index (χ1v) is 8.20. The van der Waals surface area contributed by atoms with Crippen LogP contribution in [0, 0.1) is 16.0 Å². The molecule has 0 aromatic heterocycles. The first-order chi connectivity index (χ1) is 11.0. The Morgan fingerprint density at radius 2 is 1.83 bits per heavy atom. The fraction of sp³-hybridized carbons (Fsp3) is 0.588. The number of nitro benzene ring substituents is 1. The number of hydrogen-bond acceptors (Lipinski definition) is 3. The van der Waals surface area contributed by atoms with Crippen LogP contribution in [0.3, 0.4) is 0 Å². The zero-order valence-electron chi connectivity index (χ0n) is 14.3. The number of nitrogens with zero attached hydrogens (tertiary/aromatic N) is 2. The van der Waals surface area contributed by atoms with Gasteiger partial charge >= 0.3 is 0 Å². The number of non-ortho nitro benzene ring substituents is 1. The van der Waals surface area contributed by atoms with E-state index >= 15 is 0 Å². The van der Waals surface area contributed by atoms with Crippen molar-refractivity contribution in [2.45, 2.75) is 39.5 Å². The van der Waals surface area contributed by atoms with Gasteiger partial charge in [0.05, 0.1) is 4.92 Å². The van der Waals surface area contributed by atoms with Crippen molar-refractivity contribution in [3.63, 3.8) is 0 Å². The van der Waals surface area contributed by atoms with Gasteiger partial charge in [0.2, 0.25) is 0 Å². The summed E-state index contributed by atoms with van der Waals surface area (Å²) in [7, 11) is 1.78. The van der Waals surface area contributed by atoms with Crippen molar-refractivity contribution in [1.29, 1.82) is 0 Å². The lowest BCUT2D eigenvalue weighted by Crippen LogP contribution is -2.38. The minimum absolute atomic E-state index is 0.145. The number of hydrogen-bond donors (Lipinski definition) is 2. The molecule has 128 valence electrons. The third-order valence-electron chi connectivity index (χ3n) is 3.57. The molecule has 0 bridgehead atoms. The van der Waals surface area contributed by atoms with Gasteiger partial charge in [0.25, 0.3) is 5.69 Å². The van der Waals surface area contributed by atoms with Gasteiger partial charge in [-0.2, -0.15) is 0 Å². The minimum Gasteiger partial charge on any atom is -0.356 e. The number of aliphatic imine (C=N–C) groups is 1. The van der Waals surface area contributed by atoms with E-state index in [2.05, 4.69) is 29.5 Å². The van der Waals surface area contributed by atoms with Crippen molar-refractivity contribution in [2.24, 2.45) is 10.9 Å². The van der Waals surface area contributed by atoms with Crippen molar-refractivity contribution >= 4 is 11.6 Å². The Bertz CT molecular complexity index is 498. The molecular weight excluding hydrogens is 292 g/mol. The first kappa shape index (κ1) is 18.9. The predicted molar refractivity (Wildman–Crippen MR) is 94.9 cm³/mol. The van der Waals surface area contributed by atoms with E-state index in [9.17, 15) is 10.1 Å². The van der Waals surface area contributed by atoms with Crippen molar-refractivity contribution < 1.29 is 4.92 Å². The summed E-state index contributed by atoms with van der Waals surface area (Å²) in [4.78, 5) is 14.4. The summed E-state index contributed by atoms with van der Waals surface area (Å²) in [5.74, 6) is 1.53. The van der Waals surface area contributed by atoms with Gasteiger partial charge in [0.15, 0.2) is 5.96 Å². The van der Waals surface area contributed by atoms with Crippen LogP contribution in [0.1, 0.15) is 38.7 Å². The molecule has 0 aliphatic heterocycles. The minimum atomic E-state index is -0.369. The molecule has 0 heterocycles. The van der Waals surface area contributed by atoms with Crippen LogP contribution in [0.25, 0.3) is 0 Å². The Morgan fingerprint density at radius 3 is 2.39 bits per heavy atom. The maximum atomic E-state index is 10.6. The van der Waals surface area contributed by atoms with E-state index < -0.39 is 0 Å². The van der Waals surface area contributed by atoms with Crippen LogP contribution in [0.2, 0.25) is 0 Å². The molecule has 1 rings (SSSR count). The molecule has 0 saturated heterocycles.